The van der Waals surface area contributed by atoms with Crippen molar-refractivity contribution in [1.82, 2.24) is 10.2 Å². The topological polar surface area (TPSA) is 32.3 Å². The van der Waals surface area contributed by atoms with Crippen LogP contribution in [0, 0.1) is 11.7 Å². The predicted octanol–water partition coefficient (Wildman–Crippen LogP) is 3.05. The summed E-state index contributed by atoms with van der Waals surface area (Å²) in [5.74, 6) is 0.177. The lowest BCUT2D eigenvalue weighted by molar-refractivity contribution is -0.120. The van der Waals surface area contributed by atoms with Gasteiger partial charge in [-0.15, -0.1) is 0 Å². The van der Waals surface area contributed by atoms with Crippen molar-refractivity contribution >= 4 is 5.91 Å². The molecule has 4 heteroatoms. The van der Waals surface area contributed by atoms with Gasteiger partial charge in [-0.25, -0.2) is 4.39 Å². The van der Waals surface area contributed by atoms with Crippen molar-refractivity contribution in [1.29, 1.82) is 0 Å². The monoisotopic (exact) mass is 340 g/mol. The summed E-state index contributed by atoms with van der Waals surface area (Å²) in [6, 6.07) is 16.8. The van der Waals surface area contributed by atoms with E-state index in [1.54, 1.807) is 12.1 Å². The fourth-order valence-corrected chi connectivity index (χ4v) is 3.37. The van der Waals surface area contributed by atoms with E-state index in [0.717, 1.165) is 32.5 Å². The molecule has 1 atom stereocenters. The molecule has 1 saturated heterocycles. The number of carbonyl (C=O) groups excluding carboxylic acids is 1. The van der Waals surface area contributed by atoms with Gasteiger partial charge >= 0.3 is 0 Å². The summed E-state index contributed by atoms with van der Waals surface area (Å²) in [5.41, 5.74) is 2.09. The number of nitrogens with zero attached hydrogens (tertiary/aromatic N) is 1. The molecule has 0 aliphatic carbocycles. The third kappa shape index (κ3) is 5.68. The van der Waals surface area contributed by atoms with Gasteiger partial charge in [0, 0.05) is 19.6 Å². The minimum Gasteiger partial charge on any atom is -0.355 e. The van der Waals surface area contributed by atoms with Gasteiger partial charge in [0.25, 0.3) is 0 Å². The first-order valence-corrected chi connectivity index (χ1v) is 8.96. The lowest BCUT2D eigenvalue weighted by Crippen LogP contribution is -2.32. The summed E-state index contributed by atoms with van der Waals surface area (Å²) in [4.78, 5) is 14.5. The van der Waals surface area contributed by atoms with Gasteiger partial charge < -0.3 is 10.2 Å². The Morgan fingerprint density at radius 1 is 1.12 bits per heavy atom. The molecule has 0 aromatic heterocycles. The number of hydrogen-bond donors (Lipinski definition) is 1. The Balaban J connectivity index is 1.36. The summed E-state index contributed by atoms with van der Waals surface area (Å²) >= 11 is 0. The second-order valence-corrected chi connectivity index (χ2v) is 6.80. The quantitative estimate of drug-likeness (QED) is 0.840. The fraction of sp³-hybridized carbons (Fsp3) is 0.381. The Hall–Kier alpha value is -2.20. The van der Waals surface area contributed by atoms with Crippen LogP contribution in [0.25, 0.3) is 0 Å². The molecule has 0 saturated carbocycles. The molecule has 1 fully saturated rings. The van der Waals surface area contributed by atoms with E-state index in [0.29, 0.717) is 18.0 Å². The van der Waals surface area contributed by atoms with Crippen LogP contribution >= 0.6 is 0 Å². The van der Waals surface area contributed by atoms with E-state index in [4.69, 9.17) is 0 Å². The molecule has 3 nitrogen and oxygen atoms in total. The number of nitrogens with one attached hydrogen (secondary N) is 1. The first-order chi connectivity index (χ1) is 12.2. The van der Waals surface area contributed by atoms with Crippen molar-refractivity contribution in [2.24, 2.45) is 5.92 Å². The zero-order valence-electron chi connectivity index (χ0n) is 14.5. The number of hydrogen-bond acceptors (Lipinski definition) is 2. The highest BCUT2D eigenvalue weighted by atomic mass is 19.1. The second kappa shape index (κ2) is 8.77. The van der Waals surface area contributed by atoms with E-state index < -0.39 is 0 Å². The third-order valence-electron chi connectivity index (χ3n) is 4.77. The van der Waals surface area contributed by atoms with Gasteiger partial charge in [-0.1, -0.05) is 42.5 Å². The standard InChI is InChI=1S/C21H25FN2O/c22-20-8-4-7-18(13-20)14-21(25)23-15-19-10-12-24(16-19)11-9-17-5-2-1-3-6-17/h1-8,13,19H,9-12,14-16H2,(H,23,25)/t19-/m1/s1. The lowest BCUT2D eigenvalue weighted by atomic mass is 10.1. The van der Waals surface area contributed by atoms with Gasteiger partial charge in [-0.3, -0.25) is 4.79 Å². The third-order valence-corrected chi connectivity index (χ3v) is 4.77. The predicted molar refractivity (Wildman–Crippen MR) is 97.8 cm³/mol. The minimum atomic E-state index is -0.296. The molecule has 1 aliphatic rings. The number of amides is 1. The van der Waals surface area contributed by atoms with Crippen molar-refractivity contribution in [3.05, 3.63) is 71.5 Å². The van der Waals surface area contributed by atoms with E-state index in [1.807, 2.05) is 6.07 Å². The van der Waals surface area contributed by atoms with Crippen molar-refractivity contribution in [3.8, 4) is 0 Å². The smallest absolute Gasteiger partial charge is 0.224 e. The molecule has 2 aromatic carbocycles. The van der Waals surface area contributed by atoms with E-state index in [1.165, 1.54) is 17.7 Å². The second-order valence-electron chi connectivity index (χ2n) is 6.80. The van der Waals surface area contributed by atoms with Gasteiger partial charge in [0.05, 0.1) is 6.42 Å². The van der Waals surface area contributed by atoms with Crippen molar-refractivity contribution in [3.63, 3.8) is 0 Å². The van der Waals surface area contributed by atoms with Crippen LogP contribution in [-0.2, 0) is 17.6 Å². The molecule has 0 spiro atoms. The van der Waals surface area contributed by atoms with Crippen LogP contribution in [0.5, 0.6) is 0 Å². The van der Waals surface area contributed by atoms with Gasteiger partial charge in [0.2, 0.25) is 5.91 Å². The average Bonchev–Trinajstić information content (AvgIpc) is 3.07. The van der Waals surface area contributed by atoms with Crippen LogP contribution < -0.4 is 5.32 Å². The SMILES string of the molecule is O=C(Cc1cccc(F)c1)NC[C@H]1CCN(CCc2ccccc2)C1. The summed E-state index contributed by atoms with van der Waals surface area (Å²) in [6.07, 6.45) is 2.43. The van der Waals surface area contributed by atoms with Crippen LogP contribution in [0.3, 0.4) is 0 Å². The van der Waals surface area contributed by atoms with Crippen LogP contribution in [-0.4, -0.2) is 37.0 Å². The highest BCUT2D eigenvalue weighted by Crippen LogP contribution is 2.16. The Bertz CT molecular complexity index is 689. The van der Waals surface area contributed by atoms with Crippen molar-refractivity contribution in [2.75, 3.05) is 26.2 Å². The zero-order chi connectivity index (χ0) is 17.5. The maximum absolute atomic E-state index is 13.2. The molecule has 1 N–H and O–H groups in total. The minimum absolute atomic E-state index is 0.0339. The average molecular weight is 340 g/mol. The van der Waals surface area contributed by atoms with Crippen LogP contribution in [0.2, 0.25) is 0 Å². The molecule has 0 unspecified atom stereocenters. The van der Waals surface area contributed by atoms with E-state index in [2.05, 4.69) is 34.5 Å². The Labute approximate surface area is 148 Å². The van der Waals surface area contributed by atoms with Crippen LogP contribution in [0.1, 0.15) is 17.5 Å². The first kappa shape index (κ1) is 17.6. The fourth-order valence-electron chi connectivity index (χ4n) is 3.37. The summed E-state index contributed by atoms with van der Waals surface area (Å²) in [7, 11) is 0. The van der Waals surface area contributed by atoms with Gasteiger partial charge in [0.15, 0.2) is 0 Å². The van der Waals surface area contributed by atoms with Gasteiger partial charge in [-0.05, 0) is 48.6 Å². The number of likely N-dealkylation sites (tertiary alicyclic amines) is 1. The van der Waals surface area contributed by atoms with E-state index in [9.17, 15) is 9.18 Å². The number of rotatable bonds is 7. The Morgan fingerprint density at radius 2 is 1.92 bits per heavy atom. The van der Waals surface area contributed by atoms with Crippen molar-refractivity contribution < 1.29 is 9.18 Å². The first-order valence-electron chi connectivity index (χ1n) is 8.96. The molecule has 132 valence electrons. The van der Waals surface area contributed by atoms with Crippen LogP contribution in [0.4, 0.5) is 4.39 Å². The highest BCUT2D eigenvalue weighted by molar-refractivity contribution is 5.78. The normalized spacial score (nSPS) is 17.6. The lowest BCUT2D eigenvalue weighted by Gasteiger charge is -2.16. The molecular weight excluding hydrogens is 315 g/mol. The molecule has 3 rings (SSSR count). The maximum Gasteiger partial charge on any atom is 0.224 e. The van der Waals surface area contributed by atoms with E-state index in [-0.39, 0.29) is 18.1 Å². The maximum atomic E-state index is 13.2. The molecule has 25 heavy (non-hydrogen) atoms. The molecule has 0 radical (unpaired) electrons. The number of benzene rings is 2. The summed E-state index contributed by atoms with van der Waals surface area (Å²) in [6.45, 7) is 3.90. The van der Waals surface area contributed by atoms with Crippen molar-refractivity contribution in [2.45, 2.75) is 19.3 Å². The number of carbonyl (C=O) groups is 1. The summed E-state index contributed by atoms with van der Waals surface area (Å²) in [5, 5.41) is 3.00. The Kier molecular flexibility index (Phi) is 6.18. The van der Waals surface area contributed by atoms with E-state index >= 15 is 0 Å². The summed E-state index contributed by atoms with van der Waals surface area (Å²) < 4.78 is 13.2. The highest BCUT2D eigenvalue weighted by Gasteiger charge is 2.22. The molecule has 0 bridgehead atoms. The number of halogens is 1. The van der Waals surface area contributed by atoms with Gasteiger partial charge in [-0.2, -0.15) is 0 Å². The van der Waals surface area contributed by atoms with Crippen LogP contribution in [0.15, 0.2) is 54.6 Å². The zero-order valence-corrected chi connectivity index (χ0v) is 14.5. The van der Waals surface area contributed by atoms with Gasteiger partial charge in [0.1, 0.15) is 5.82 Å². The Morgan fingerprint density at radius 3 is 2.72 bits per heavy atom. The molecule has 1 heterocycles. The molecule has 1 aliphatic heterocycles. The molecule has 2 aromatic rings. The molecule has 1 amide bonds. The largest absolute Gasteiger partial charge is 0.355 e. The molecular formula is C21H25FN2O.